The first-order chi connectivity index (χ1) is 9.38. The molecule has 0 amide bonds. The number of pyridine rings is 1. The van der Waals surface area contributed by atoms with E-state index in [4.69, 9.17) is 4.74 Å². The zero-order valence-corrected chi connectivity index (χ0v) is 12.9. The first-order valence-corrected chi connectivity index (χ1v) is 6.73. The van der Waals surface area contributed by atoms with E-state index in [9.17, 15) is 10.1 Å². The second-order valence-corrected chi connectivity index (χ2v) is 5.36. The van der Waals surface area contributed by atoms with Crippen molar-refractivity contribution in [2.45, 2.75) is 20.8 Å². The highest BCUT2D eigenvalue weighted by molar-refractivity contribution is 9.10. The average molecular weight is 337 g/mol. The summed E-state index contributed by atoms with van der Waals surface area (Å²) < 4.78 is 6.57. The maximum absolute atomic E-state index is 11.0. The number of nitro groups is 1. The summed E-state index contributed by atoms with van der Waals surface area (Å²) in [5.41, 5.74) is 2.57. The summed E-state index contributed by atoms with van der Waals surface area (Å²) in [4.78, 5) is 14.5. The minimum atomic E-state index is -0.492. The lowest BCUT2D eigenvalue weighted by Gasteiger charge is -2.09. The van der Waals surface area contributed by atoms with Gasteiger partial charge in [0.1, 0.15) is 5.75 Å². The van der Waals surface area contributed by atoms with Crippen LogP contribution in [0.5, 0.6) is 11.6 Å². The van der Waals surface area contributed by atoms with Crippen molar-refractivity contribution in [3.63, 3.8) is 0 Å². The smallest absolute Gasteiger partial charge is 0.331 e. The fraction of sp³-hybridized carbons (Fsp3) is 0.214. The molecule has 1 heterocycles. The lowest BCUT2D eigenvalue weighted by Crippen LogP contribution is -1.97. The van der Waals surface area contributed by atoms with Crippen molar-refractivity contribution in [3.05, 3.63) is 55.7 Å². The molecule has 0 saturated heterocycles. The van der Waals surface area contributed by atoms with E-state index in [1.54, 1.807) is 13.1 Å². The fourth-order valence-corrected chi connectivity index (χ4v) is 2.06. The summed E-state index contributed by atoms with van der Waals surface area (Å²) in [6, 6.07) is 5.06. The standard InChI is InChI=1S/C14H13BrN2O3/c1-8-4-12(17(18)19)14(16-7-8)20-11-5-9(2)13(15)10(3)6-11/h4-7H,1-3H3. The topological polar surface area (TPSA) is 65.3 Å². The van der Waals surface area contributed by atoms with Gasteiger partial charge in [0.15, 0.2) is 0 Å². The van der Waals surface area contributed by atoms with Crippen LogP contribution in [0.4, 0.5) is 5.69 Å². The molecule has 0 spiro atoms. The molecule has 0 bridgehead atoms. The van der Waals surface area contributed by atoms with Gasteiger partial charge < -0.3 is 4.74 Å². The maximum Gasteiger partial charge on any atom is 0.331 e. The van der Waals surface area contributed by atoms with E-state index in [0.717, 1.165) is 15.6 Å². The van der Waals surface area contributed by atoms with Crippen molar-refractivity contribution in [1.29, 1.82) is 0 Å². The Morgan fingerprint density at radius 2 is 1.80 bits per heavy atom. The van der Waals surface area contributed by atoms with Gasteiger partial charge in [0.2, 0.25) is 0 Å². The minimum Gasteiger partial charge on any atom is -0.434 e. The van der Waals surface area contributed by atoms with E-state index in [2.05, 4.69) is 20.9 Å². The summed E-state index contributed by atoms with van der Waals surface area (Å²) in [6.07, 6.45) is 1.54. The maximum atomic E-state index is 11.0. The van der Waals surface area contributed by atoms with E-state index in [1.165, 1.54) is 6.07 Å². The Hall–Kier alpha value is -1.95. The van der Waals surface area contributed by atoms with Crippen LogP contribution in [-0.2, 0) is 0 Å². The Kier molecular flexibility index (Phi) is 4.04. The zero-order chi connectivity index (χ0) is 14.9. The van der Waals surface area contributed by atoms with Crippen molar-refractivity contribution in [2.24, 2.45) is 0 Å². The van der Waals surface area contributed by atoms with E-state index in [-0.39, 0.29) is 11.6 Å². The Morgan fingerprint density at radius 1 is 1.20 bits per heavy atom. The molecule has 0 aliphatic carbocycles. The molecule has 1 aromatic heterocycles. The number of benzene rings is 1. The summed E-state index contributed by atoms with van der Waals surface area (Å²) in [6.45, 7) is 5.61. The van der Waals surface area contributed by atoms with Crippen molar-refractivity contribution in [1.82, 2.24) is 4.98 Å². The number of aryl methyl sites for hydroxylation is 3. The van der Waals surface area contributed by atoms with Gasteiger partial charge in [0, 0.05) is 16.7 Å². The van der Waals surface area contributed by atoms with Gasteiger partial charge in [-0.15, -0.1) is 0 Å². The van der Waals surface area contributed by atoms with Crippen LogP contribution in [0, 0.1) is 30.9 Å². The third kappa shape index (κ3) is 2.96. The third-order valence-corrected chi connectivity index (χ3v) is 4.04. The Morgan fingerprint density at radius 3 is 2.35 bits per heavy atom. The summed E-state index contributed by atoms with van der Waals surface area (Å²) >= 11 is 3.47. The molecule has 2 aromatic rings. The predicted molar refractivity (Wildman–Crippen MR) is 79.3 cm³/mol. The van der Waals surface area contributed by atoms with Gasteiger partial charge in [-0.3, -0.25) is 10.1 Å². The molecule has 20 heavy (non-hydrogen) atoms. The number of ether oxygens (including phenoxy) is 1. The number of nitrogens with zero attached hydrogens (tertiary/aromatic N) is 2. The fourth-order valence-electron chi connectivity index (χ4n) is 1.83. The van der Waals surface area contributed by atoms with Crippen molar-refractivity contribution >= 4 is 21.6 Å². The largest absolute Gasteiger partial charge is 0.434 e. The number of rotatable bonds is 3. The van der Waals surface area contributed by atoms with Gasteiger partial charge in [-0.25, -0.2) is 4.98 Å². The molecule has 0 aliphatic heterocycles. The van der Waals surface area contributed by atoms with E-state index in [1.807, 2.05) is 26.0 Å². The van der Waals surface area contributed by atoms with Crippen LogP contribution in [0.1, 0.15) is 16.7 Å². The molecule has 0 radical (unpaired) electrons. The first-order valence-electron chi connectivity index (χ1n) is 5.94. The van der Waals surface area contributed by atoms with Gasteiger partial charge in [-0.2, -0.15) is 0 Å². The molecule has 0 aliphatic rings. The Bertz CT molecular complexity index is 663. The van der Waals surface area contributed by atoms with Crippen molar-refractivity contribution < 1.29 is 9.66 Å². The predicted octanol–water partition coefficient (Wildman–Crippen LogP) is 4.47. The molecule has 2 rings (SSSR count). The minimum absolute atomic E-state index is 0.00159. The lowest BCUT2D eigenvalue weighted by molar-refractivity contribution is -0.386. The van der Waals surface area contributed by atoms with E-state index < -0.39 is 4.92 Å². The molecule has 6 heteroatoms. The second-order valence-electron chi connectivity index (χ2n) is 4.57. The molecule has 104 valence electrons. The SMILES string of the molecule is Cc1cnc(Oc2cc(C)c(Br)c(C)c2)c([N+](=O)[O-])c1. The van der Waals surface area contributed by atoms with Gasteiger partial charge in [-0.1, -0.05) is 15.9 Å². The quantitative estimate of drug-likeness (QED) is 0.612. The normalized spacial score (nSPS) is 10.4. The summed E-state index contributed by atoms with van der Waals surface area (Å²) in [7, 11) is 0. The molecule has 0 N–H and O–H groups in total. The molecular formula is C14H13BrN2O3. The monoisotopic (exact) mass is 336 g/mol. The van der Waals surface area contributed by atoms with Crippen molar-refractivity contribution in [3.8, 4) is 11.6 Å². The lowest BCUT2D eigenvalue weighted by atomic mass is 10.1. The molecular weight excluding hydrogens is 324 g/mol. The Balaban J connectivity index is 2.42. The highest BCUT2D eigenvalue weighted by Gasteiger charge is 2.18. The van der Waals surface area contributed by atoms with Crippen LogP contribution in [0.15, 0.2) is 28.9 Å². The average Bonchev–Trinajstić information content (AvgIpc) is 2.37. The molecule has 0 fully saturated rings. The van der Waals surface area contributed by atoms with Gasteiger partial charge in [0.25, 0.3) is 5.88 Å². The second kappa shape index (κ2) is 5.58. The molecule has 5 nitrogen and oxygen atoms in total. The number of hydrogen-bond donors (Lipinski definition) is 0. The van der Waals surface area contributed by atoms with Crippen LogP contribution in [-0.4, -0.2) is 9.91 Å². The summed E-state index contributed by atoms with van der Waals surface area (Å²) in [5, 5.41) is 11.0. The first kappa shape index (κ1) is 14.5. The van der Waals surface area contributed by atoms with Gasteiger partial charge in [-0.05, 0) is 49.6 Å². The van der Waals surface area contributed by atoms with Gasteiger partial charge >= 0.3 is 5.69 Å². The Labute approximate surface area is 124 Å². The summed E-state index contributed by atoms with van der Waals surface area (Å²) in [5.74, 6) is 0.532. The van der Waals surface area contributed by atoms with Crippen LogP contribution < -0.4 is 4.74 Å². The van der Waals surface area contributed by atoms with E-state index in [0.29, 0.717) is 11.3 Å². The van der Waals surface area contributed by atoms with E-state index >= 15 is 0 Å². The number of aromatic nitrogens is 1. The van der Waals surface area contributed by atoms with Gasteiger partial charge in [0.05, 0.1) is 4.92 Å². The highest BCUT2D eigenvalue weighted by atomic mass is 79.9. The zero-order valence-electron chi connectivity index (χ0n) is 11.3. The van der Waals surface area contributed by atoms with Crippen LogP contribution in [0.25, 0.3) is 0 Å². The van der Waals surface area contributed by atoms with Crippen LogP contribution in [0.3, 0.4) is 0 Å². The molecule has 1 aromatic carbocycles. The number of halogens is 1. The van der Waals surface area contributed by atoms with Crippen molar-refractivity contribution in [2.75, 3.05) is 0 Å². The molecule has 0 atom stereocenters. The number of hydrogen-bond acceptors (Lipinski definition) is 4. The third-order valence-electron chi connectivity index (χ3n) is 2.79. The molecule has 0 unspecified atom stereocenters. The van der Waals surface area contributed by atoms with Crippen LogP contribution in [0.2, 0.25) is 0 Å². The highest BCUT2D eigenvalue weighted by Crippen LogP contribution is 2.32. The molecule has 0 saturated carbocycles. The van der Waals surface area contributed by atoms with Crippen LogP contribution >= 0.6 is 15.9 Å².